The molecule has 1 heteroatoms. The molecule has 1 nitrogen and oxygen atoms in total. The van der Waals surface area contributed by atoms with E-state index in [-0.39, 0.29) is 0 Å². The van der Waals surface area contributed by atoms with E-state index in [4.69, 9.17) is 0 Å². The molecule has 0 saturated heterocycles. The lowest BCUT2D eigenvalue weighted by atomic mass is 10.0. The average Bonchev–Trinajstić information content (AvgIpc) is 2.69. The Morgan fingerprint density at radius 2 is 1.81 bits per heavy atom. The minimum Gasteiger partial charge on any atom is -0.316 e. The van der Waals surface area contributed by atoms with Gasteiger partial charge in [-0.15, -0.1) is 0 Å². The maximum Gasteiger partial charge on any atom is 0.0205 e. The quantitative estimate of drug-likeness (QED) is 0.684. The number of hydrogen-bond donors (Lipinski definition) is 1. The van der Waals surface area contributed by atoms with Crippen LogP contribution in [0, 0.1) is 0 Å². The van der Waals surface area contributed by atoms with Gasteiger partial charge in [-0.1, -0.05) is 42.5 Å². The molecule has 16 heavy (non-hydrogen) atoms. The smallest absolute Gasteiger partial charge is 0.0205 e. The Hall–Kier alpha value is -1.60. The summed E-state index contributed by atoms with van der Waals surface area (Å²) in [5.74, 6) is 0. The van der Waals surface area contributed by atoms with Gasteiger partial charge >= 0.3 is 0 Å². The van der Waals surface area contributed by atoms with Crippen molar-refractivity contribution in [2.75, 3.05) is 7.05 Å². The SMILES string of the molecule is CNCc1cccc2c1Cc1ccccc1-2. The summed E-state index contributed by atoms with van der Waals surface area (Å²) in [5, 5.41) is 3.24. The van der Waals surface area contributed by atoms with Crippen LogP contribution < -0.4 is 5.32 Å². The zero-order chi connectivity index (χ0) is 11.0. The van der Waals surface area contributed by atoms with Crippen LogP contribution in [0.4, 0.5) is 0 Å². The Labute approximate surface area is 96.1 Å². The highest BCUT2D eigenvalue weighted by Crippen LogP contribution is 2.37. The lowest BCUT2D eigenvalue weighted by Crippen LogP contribution is -2.07. The molecule has 0 aliphatic heterocycles. The maximum absolute atomic E-state index is 3.24. The van der Waals surface area contributed by atoms with Gasteiger partial charge in [-0.05, 0) is 41.3 Å². The predicted molar refractivity (Wildman–Crippen MR) is 67.4 cm³/mol. The van der Waals surface area contributed by atoms with Gasteiger partial charge in [0.05, 0.1) is 0 Å². The molecule has 0 bridgehead atoms. The third kappa shape index (κ3) is 1.36. The molecule has 1 N–H and O–H groups in total. The molecule has 1 aliphatic rings. The minimum atomic E-state index is 0.956. The van der Waals surface area contributed by atoms with E-state index in [9.17, 15) is 0 Å². The fourth-order valence-corrected chi connectivity index (χ4v) is 2.58. The first-order valence-electron chi connectivity index (χ1n) is 5.74. The average molecular weight is 209 g/mol. The third-order valence-electron chi connectivity index (χ3n) is 3.32. The Kier molecular flexibility index (Phi) is 2.26. The monoisotopic (exact) mass is 209 g/mol. The Balaban J connectivity index is 2.16. The van der Waals surface area contributed by atoms with Crippen LogP contribution >= 0.6 is 0 Å². The first-order chi connectivity index (χ1) is 7.90. The van der Waals surface area contributed by atoms with Gasteiger partial charge in [0.25, 0.3) is 0 Å². The highest BCUT2D eigenvalue weighted by molar-refractivity contribution is 5.77. The van der Waals surface area contributed by atoms with Crippen molar-refractivity contribution in [1.82, 2.24) is 5.32 Å². The Morgan fingerprint density at radius 3 is 2.69 bits per heavy atom. The molecular weight excluding hydrogens is 194 g/mol. The van der Waals surface area contributed by atoms with Crippen molar-refractivity contribution in [2.24, 2.45) is 0 Å². The molecule has 0 spiro atoms. The van der Waals surface area contributed by atoms with Crippen molar-refractivity contribution >= 4 is 0 Å². The molecule has 80 valence electrons. The van der Waals surface area contributed by atoms with E-state index in [2.05, 4.69) is 47.8 Å². The van der Waals surface area contributed by atoms with Gasteiger partial charge in [-0.25, -0.2) is 0 Å². The van der Waals surface area contributed by atoms with Gasteiger partial charge in [-0.2, -0.15) is 0 Å². The lowest BCUT2D eigenvalue weighted by Gasteiger charge is -2.07. The number of rotatable bonds is 2. The van der Waals surface area contributed by atoms with E-state index in [1.807, 2.05) is 7.05 Å². The van der Waals surface area contributed by atoms with E-state index in [0.717, 1.165) is 13.0 Å². The molecule has 0 radical (unpaired) electrons. The lowest BCUT2D eigenvalue weighted by molar-refractivity contribution is 0.810. The molecule has 0 saturated carbocycles. The Morgan fingerprint density at radius 1 is 1.00 bits per heavy atom. The summed E-state index contributed by atoms with van der Waals surface area (Å²) < 4.78 is 0. The van der Waals surface area contributed by atoms with Gasteiger partial charge in [-0.3, -0.25) is 0 Å². The van der Waals surface area contributed by atoms with Crippen LogP contribution in [0.15, 0.2) is 42.5 Å². The largest absolute Gasteiger partial charge is 0.316 e. The summed E-state index contributed by atoms with van der Waals surface area (Å²) in [6.07, 6.45) is 1.09. The molecule has 0 aromatic heterocycles. The van der Waals surface area contributed by atoms with Gasteiger partial charge in [0, 0.05) is 6.54 Å². The second-order valence-corrected chi connectivity index (χ2v) is 4.31. The van der Waals surface area contributed by atoms with Crippen LogP contribution in [-0.2, 0) is 13.0 Å². The topological polar surface area (TPSA) is 12.0 Å². The van der Waals surface area contributed by atoms with Crippen LogP contribution in [0.25, 0.3) is 11.1 Å². The van der Waals surface area contributed by atoms with Crippen molar-refractivity contribution in [3.8, 4) is 11.1 Å². The van der Waals surface area contributed by atoms with Crippen molar-refractivity contribution in [3.05, 3.63) is 59.2 Å². The standard InChI is InChI=1S/C15H15N/c1-16-10-12-6-4-8-14-13-7-3-2-5-11(13)9-15(12)14/h2-8,16H,9-10H2,1H3. The zero-order valence-electron chi connectivity index (χ0n) is 9.46. The van der Waals surface area contributed by atoms with Gasteiger partial charge in [0.15, 0.2) is 0 Å². The second kappa shape index (κ2) is 3.76. The fraction of sp³-hybridized carbons (Fsp3) is 0.200. The first kappa shape index (κ1) is 9.61. The molecule has 0 unspecified atom stereocenters. The summed E-state index contributed by atoms with van der Waals surface area (Å²) in [7, 11) is 2.00. The van der Waals surface area contributed by atoms with Crippen LogP contribution in [0.3, 0.4) is 0 Å². The van der Waals surface area contributed by atoms with Crippen molar-refractivity contribution < 1.29 is 0 Å². The third-order valence-corrected chi connectivity index (χ3v) is 3.32. The fourth-order valence-electron chi connectivity index (χ4n) is 2.58. The first-order valence-corrected chi connectivity index (χ1v) is 5.74. The number of hydrogen-bond acceptors (Lipinski definition) is 1. The van der Waals surface area contributed by atoms with Gasteiger partial charge < -0.3 is 5.32 Å². The van der Waals surface area contributed by atoms with Crippen LogP contribution in [0.2, 0.25) is 0 Å². The number of nitrogens with one attached hydrogen (secondary N) is 1. The van der Waals surface area contributed by atoms with Crippen molar-refractivity contribution in [3.63, 3.8) is 0 Å². The van der Waals surface area contributed by atoms with E-state index < -0.39 is 0 Å². The van der Waals surface area contributed by atoms with Crippen LogP contribution in [0.1, 0.15) is 16.7 Å². The molecule has 2 aromatic rings. The molecule has 0 amide bonds. The summed E-state index contributed by atoms with van der Waals surface area (Å²) in [6, 6.07) is 15.3. The molecular formula is C15H15N. The highest BCUT2D eigenvalue weighted by Gasteiger charge is 2.19. The molecule has 0 atom stereocenters. The molecule has 0 heterocycles. The summed E-state index contributed by atoms with van der Waals surface area (Å²) in [5.41, 5.74) is 7.22. The maximum atomic E-state index is 3.24. The van der Waals surface area contributed by atoms with Crippen molar-refractivity contribution in [1.29, 1.82) is 0 Å². The zero-order valence-corrected chi connectivity index (χ0v) is 9.46. The summed E-state index contributed by atoms with van der Waals surface area (Å²) in [4.78, 5) is 0. The molecule has 2 aromatic carbocycles. The minimum absolute atomic E-state index is 0.956. The normalized spacial score (nSPS) is 12.3. The molecule has 1 aliphatic carbocycles. The van der Waals surface area contributed by atoms with Gasteiger partial charge in [0.2, 0.25) is 0 Å². The highest BCUT2D eigenvalue weighted by atomic mass is 14.8. The van der Waals surface area contributed by atoms with E-state index in [1.165, 1.54) is 27.8 Å². The van der Waals surface area contributed by atoms with Gasteiger partial charge in [0.1, 0.15) is 0 Å². The van der Waals surface area contributed by atoms with Crippen LogP contribution in [-0.4, -0.2) is 7.05 Å². The van der Waals surface area contributed by atoms with E-state index >= 15 is 0 Å². The van der Waals surface area contributed by atoms with E-state index in [0.29, 0.717) is 0 Å². The second-order valence-electron chi connectivity index (χ2n) is 4.31. The number of benzene rings is 2. The molecule has 3 rings (SSSR count). The summed E-state index contributed by atoms with van der Waals surface area (Å²) >= 11 is 0. The predicted octanol–water partition coefficient (Wildman–Crippen LogP) is 2.98. The van der Waals surface area contributed by atoms with Crippen LogP contribution in [0.5, 0.6) is 0 Å². The van der Waals surface area contributed by atoms with Crippen molar-refractivity contribution in [2.45, 2.75) is 13.0 Å². The summed E-state index contributed by atoms with van der Waals surface area (Å²) in [6.45, 7) is 0.956. The molecule has 0 fully saturated rings. The van der Waals surface area contributed by atoms with E-state index in [1.54, 1.807) is 0 Å². The number of fused-ring (bicyclic) bond motifs is 3. The Bertz CT molecular complexity index is 529.